The predicted molar refractivity (Wildman–Crippen MR) is 55.2 cm³/mol. The third kappa shape index (κ3) is 2.06. The molecule has 2 rings (SSSR count). The molecule has 0 amide bonds. The number of hydrogen-bond donors (Lipinski definition) is 1. The van der Waals surface area contributed by atoms with Gasteiger partial charge in [0.05, 0.1) is 0 Å². The van der Waals surface area contributed by atoms with Crippen molar-refractivity contribution in [2.75, 3.05) is 18.0 Å². The van der Waals surface area contributed by atoms with Gasteiger partial charge in [-0.15, -0.1) is 0 Å². The molecule has 1 aromatic rings. The minimum absolute atomic E-state index is 0.114. The van der Waals surface area contributed by atoms with E-state index in [0.717, 1.165) is 31.7 Å². The zero-order valence-electron chi connectivity index (χ0n) is 8.60. The Balaban J connectivity index is 2.34. The van der Waals surface area contributed by atoms with Gasteiger partial charge in [0.2, 0.25) is 5.82 Å². The lowest BCUT2D eigenvalue weighted by molar-refractivity contribution is 0.0683. The monoisotopic (exact) mass is 207 g/mol. The summed E-state index contributed by atoms with van der Waals surface area (Å²) in [5, 5.41) is 8.83. The van der Waals surface area contributed by atoms with Crippen LogP contribution in [0.1, 0.15) is 29.2 Å². The minimum Gasteiger partial charge on any atom is -0.475 e. The zero-order chi connectivity index (χ0) is 10.8. The van der Waals surface area contributed by atoms with Crippen LogP contribution in [0.4, 0.5) is 5.82 Å². The highest BCUT2D eigenvalue weighted by atomic mass is 16.4. The van der Waals surface area contributed by atoms with E-state index < -0.39 is 5.97 Å². The fourth-order valence-corrected chi connectivity index (χ4v) is 1.76. The molecule has 2 heterocycles. The number of aromatic carboxylic acids is 1. The van der Waals surface area contributed by atoms with Crippen molar-refractivity contribution in [1.29, 1.82) is 0 Å². The van der Waals surface area contributed by atoms with E-state index in [4.69, 9.17) is 5.11 Å². The molecule has 80 valence electrons. The summed E-state index contributed by atoms with van der Waals surface area (Å²) in [5.41, 5.74) is 0.698. The fraction of sp³-hybridized carbons (Fsp3) is 0.500. The number of carboxylic acids is 1. The Bertz CT molecular complexity index is 386. The molecule has 0 atom stereocenters. The molecule has 1 saturated heterocycles. The van der Waals surface area contributed by atoms with E-state index in [1.54, 1.807) is 6.92 Å². The average molecular weight is 207 g/mol. The van der Waals surface area contributed by atoms with Crippen LogP contribution in [-0.4, -0.2) is 34.1 Å². The molecule has 1 aliphatic heterocycles. The van der Waals surface area contributed by atoms with Crippen molar-refractivity contribution in [2.45, 2.75) is 19.8 Å². The summed E-state index contributed by atoms with van der Waals surface area (Å²) in [6.45, 7) is 3.69. The van der Waals surface area contributed by atoms with E-state index in [9.17, 15) is 4.79 Å². The fourth-order valence-electron chi connectivity index (χ4n) is 1.76. The van der Waals surface area contributed by atoms with Crippen LogP contribution in [0.15, 0.2) is 6.07 Å². The third-order valence-corrected chi connectivity index (χ3v) is 2.46. The summed E-state index contributed by atoms with van der Waals surface area (Å²) in [5.74, 6) is -0.451. The highest BCUT2D eigenvalue weighted by Crippen LogP contribution is 2.18. The molecule has 0 aromatic carbocycles. The molecular weight excluding hydrogens is 194 g/mol. The van der Waals surface area contributed by atoms with Crippen molar-refractivity contribution in [3.8, 4) is 0 Å². The molecule has 15 heavy (non-hydrogen) atoms. The highest BCUT2D eigenvalue weighted by molar-refractivity contribution is 5.83. The summed E-state index contributed by atoms with van der Waals surface area (Å²) in [6, 6.07) is 1.83. The number of aryl methyl sites for hydroxylation is 1. The number of nitrogens with zero attached hydrogens (tertiary/aromatic N) is 3. The van der Waals surface area contributed by atoms with E-state index in [1.807, 2.05) is 6.07 Å². The minimum atomic E-state index is -1.07. The van der Waals surface area contributed by atoms with Gasteiger partial charge in [0.1, 0.15) is 5.82 Å². The predicted octanol–water partition coefficient (Wildman–Crippen LogP) is 1.08. The Kier molecular flexibility index (Phi) is 2.53. The first-order valence-electron chi connectivity index (χ1n) is 5.01. The maximum absolute atomic E-state index is 10.8. The molecule has 0 aliphatic carbocycles. The van der Waals surface area contributed by atoms with Crippen molar-refractivity contribution in [2.24, 2.45) is 0 Å². The summed E-state index contributed by atoms with van der Waals surface area (Å²) >= 11 is 0. The largest absolute Gasteiger partial charge is 0.475 e. The zero-order valence-corrected chi connectivity index (χ0v) is 8.60. The second-order valence-corrected chi connectivity index (χ2v) is 3.69. The van der Waals surface area contributed by atoms with E-state index in [-0.39, 0.29) is 5.82 Å². The maximum atomic E-state index is 10.8. The number of carboxylic acid groups (broad SMARTS) is 1. The first-order valence-corrected chi connectivity index (χ1v) is 5.01. The smallest absolute Gasteiger partial charge is 0.374 e. The Morgan fingerprint density at radius 3 is 2.67 bits per heavy atom. The van der Waals surface area contributed by atoms with Crippen LogP contribution in [0.3, 0.4) is 0 Å². The van der Waals surface area contributed by atoms with Gasteiger partial charge in [-0.25, -0.2) is 14.8 Å². The van der Waals surface area contributed by atoms with E-state index >= 15 is 0 Å². The SMILES string of the molecule is Cc1cc(N2CCCC2)nc(C(=O)O)n1. The maximum Gasteiger partial charge on any atom is 0.374 e. The molecule has 0 spiro atoms. The Morgan fingerprint density at radius 2 is 2.07 bits per heavy atom. The van der Waals surface area contributed by atoms with Gasteiger partial charge in [0.25, 0.3) is 0 Å². The average Bonchev–Trinajstić information content (AvgIpc) is 2.69. The first-order chi connectivity index (χ1) is 7.16. The molecule has 5 nitrogen and oxygen atoms in total. The van der Waals surface area contributed by atoms with Gasteiger partial charge in [-0.2, -0.15) is 0 Å². The number of rotatable bonds is 2. The lowest BCUT2D eigenvalue weighted by Gasteiger charge is -2.16. The van der Waals surface area contributed by atoms with Crippen molar-refractivity contribution in [3.63, 3.8) is 0 Å². The Morgan fingerprint density at radius 1 is 1.40 bits per heavy atom. The number of anilines is 1. The molecule has 1 aromatic heterocycles. The molecule has 0 radical (unpaired) electrons. The van der Waals surface area contributed by atoms with Crippen LogP contribution in [0.2, 0.25) is 0 Å². The quantitative estimate of drug-likeness (QED) is 0.786. The molecule has 1 fully saturated rings. The standard InChI is InChI=1S/C10H13N3O2/c1-7-6-8(13-4-2-3-5-13)12-9(11-7)10(14)15/h6H,2-5H2,1H3,(H,14,15). The molecule has 0 saturated carbocycles. The van der Waals surface area contributed by atoms with Crippen molar-refractivity contribution in [1.82, 2.24) is 9.97 Å². The van der Waals surface area contributed by atoms with Crippen LogP contribution >= 0.6 is 0 Å². The third-order valence-electron chi connectivity index (χ3n) is 2.46. The normalized spacial score (nSPS) is 15.7. The molecule has 1 aliphatic rings. The Labute approximate surface area is 87.8 Å². The van der Waals surface area contributed by atoms with Crippen LogP contribution < -0.4 is 4.90 Å². The van der Waals surface area contributed by atoms with E-state index in [1.165, 1.54) is 0 Å². The molecule has 0 unspecified atom stereocenters. The van der Waals surface area contributed by atoms with Crippen LogP contribution in [0.25, 0.3) is 0 Å². The van der Waals surface area contributed by atoms with Gasteiger partial charge >= 0.3 is 5.97 Å². The number of aromatic nitrogens is 2. The summed E-state index contributed by atoms with van der Waals surface area (Å²) < 4.78 is 0. The van der Waals surface area contributed by atoms with Gasteiger partial charge in [-0.05, 0) is 19.8 Å². The van der Waals surface area contributed by atoms with Gasteiger partial charge < -0.3 is 10.0 Å². The lowest BCUT2D eigenvalue weighted by atomic mass is 10.4. The number of carbonyl (C=O) groups is 1. The summed E-state index contributed by atoms with van der Waals surface area (Å²) in [6.07, 6.45) is 2.29. The van der Waals surface area contributed by atoms with Crippen LogP contribution in [0, 0.1) is 6.92 Å². The van der Waals surface area contributed by atoms with E-state index in [0.29, 0.717) is 5.69 Å². The van der Waals surface area contributed by atoms with Crippen LogP contribution in [-0.2, 0) is 0 Å². The van der Waals surface area contributed by atoms with Gasteiger partial charge in [-0.1, -0.05) is 0 Å². The Hall–Kier alpha value is -1.65. The lowest BCUT2D eigenvalue weighted by Crippen LogP contribution is -2.21. The van der Waals surface area contributed by atoms with Gasteiger partial charge in [0.15, 0.2) is 0 Å². The van der Waals surface area contributed by atoms with E-state index in [2.05, 4.69) is 14.9 Å². The second-order valence-electron chi connectivity index (χ2n) is 3.69. The number of hydrogen-bond acceptors (Lipinski definition) is 4. The topological polar surface area (TPSA) is 66.3 Å². The van der Waals surface area contributed by atoms with Crippen molar-refractivity contribution in [3.05, 3.63) is 17.6 Å². The summed E-state index contributed by atoms with van der Waals surface area (Å²) in [4.78, 5) is 20.8. The molecule has 0 bridgehead atoms. The van der Waals surface area contributed by atoms with Crippen molar-refractivity contribution < 1.29 is 9.90 Å². The molecular formula is C10H13N3O2. The summed E-state index contributed by atoms with van der Waals surface area (Å²) in [7, 11) is 0. The van der Waals surface area contributed by atoms with Crippen molar-refractivity contribution >= 4 is 11.8 Å². The van der Waals surface area contributed by atoms with Gasteiger partial charge in [-0.3, -0.25) is 0 Å². The molecule has 1 N–H and O–H groups in total. The molecule has 5 heteroatoms. The second kappa shape index (κ2) is 3.84. The highest BCUT2D eigenvalue weighted by Gasteiger charge is 2.16. The van der Waals surface area contributed by atoms with Gasteiger partial charge in [0, 0.05) is 24.8 Å². The first kappa shape index (κ1) is 9.89. The van der Waals surface area contributed by atoms with Crippen LogP contribution in [0.5, 0.6) is 0 Å².